The highest BCUT2D eigenvalue weighted by atomic mass is 32.1. The van der Waals surface area contributed by atoms with Crippen LogP contribution in [0.4, 0.5) is 5.13 Å². The summed E-state index contributed by atoms with van der Waals surface area (Å²) in [6, 6.07) is 6.86. The third-order valence-corrected chi connectivity index (χ3v) is 4.75. The van der Waals surface area contributed by atoms with Gasteiger partial charge in [-0.1, -0.05) is 28.7 Å². The first-order valence-electron chi connectivity index (χ1n) is 7.78. The van der Waals surface area contributed by atoms with Gasteiger partial charge in [-0.15, -0.1) is 15.3 Å². The van der Waals surface area contributed by atoms with Gasteiger partial charge in [-0.3, -0.25) is 14.9 Å². The van der Waals surface area contributed by atoms with Crippen LogP contribution >= 0.6 is 11.3 Å². The van der Waals surface area contributed by atoms with Crippen LogP contribution in [-0.4, -0.2) is 37.7 Å². The molecule has 9 nitrogen and oxygen atoms in total. The number of fused-ring (bicyclic) bond motifs is 1. The van der Waals surface area contributed by atoms with Crippen LogP contribution in [0.3, 0.4) is 0 Å². The number of anilines is 1. The van der Waals surface area contributed by atoms with E-state index in [9.17, 15) is 9.59 Å². The molecule has 3 heterocycles. The van der Waals surface area contributed by atoms with E-state index in [0.29, 0.717) is 16.0 Å². The lowest BCUT2D eigenvalue weighted by molar-refractivity contribution is -0.117. The predicted octanol–water partition coefficient (Wildman–Crippen LogP) is 1.13. The standard InChI is InChI=1S/C15H14N6O3S/c22-12(16-15-19-18-13(25-15)11-6-3-7-24-11)8-21-14(23)9-4-1-2-5-10(9)17-20-21/h1-2,4-5,11H,3,6-8H2,(H,16,19,22). The minimum absolute atomic E-state index is 0.0443. The molecule has 128 valence electrons. The Bertz CT molecular complexity index is 979. The average Bonchev–Trinajstić information content (AvgIpc) is 3.29. The zero-order valence-corrected chi connectivity index (χ0v) is 13.9. The Morgan fingerprint density at radius 2 is 2.20 bits per heavy atom. The number of amides is 1. The van der Waals surface area contributed by atoms with Gasteiger partial charge in [0.2, 0.25) is 11.0 Å². The normalized spacial score (nSPS) is 17.0. The van der Waals surface area contributed by atoms with Gasteiger partial charge in [0, 0.05) is 6.61 Å². The molecule has 0 aliphatic carbocycles. The van der Waals surface area contributed by atoms with E-state index < -0.39 is 5.91 Å². The number of hydrogen-bond donors (Lipinski definition) is 1. The Balaban J connectivity index is 1.47. The number of carbonyl (C=O) groups excluding carboxylic acids is 1. The Morgan fingerprint density at radius 1 is 1.32 bits per heavy atom. The van der Waals surface area contributed by atoms with E-state index in [2.05, 4.69) is 25.8 Å². The number of ether oxygens (including phenoxy) is 1. The summed E-state index contributed by atoms with van der Waals surface area (Å²) in [5.74, 6) is -0.415. The van der Waals surface area contributed by atoms with Crippen LogP contribution in [0.15, 0.2) is 29.1 Å². The first-order chi connectivity index (χ1) is 12.2. The summed E-state index contributed by atoms with van der Waals surface area (Å²) in [5.41, 5.74) is 0.132. The highest BCUT2D eigenvalue weighted by molar-refractivity contribution is 7.15. The van der Waals surface area contributed by atoms with Crippen molar-refractivity contribution in [1.82, 2.24) is 25.2 Å². The second kappa shape index (κ2) is 6.65. The number of aromatic nitrogens is 5. The van der Waals surface area contributed by atoms with Crippen molar-refractivity contribution >= 4 is 33.3 Å². The second-order valence-electron chi connectivity index (χ2n) is 5.56. The first kappa shape index (κ1) is 15.8. The van der Waals surface area contributed by atoms with Crippen molar-refractivity contribution < 1.29 is 9.53 Å². The highest BCUT2D eigenvalue weighted by Crippen LogP contribution is 2.31. The van der Waals surface area contributed by atoms with Crippen molar-refractivity contribution in [3.05, 3.63) is 39.6 Å². The lowest BCUT2D eigenvalue weighted by atomic mass is 10.2. The van der Waals surface area contributed by atoms with E-state index in [1.807, 2.05) is 0 Å². The monoisotopic (exact) mass is 358 g/mol. The van der Waals surface area contributed by atoms with Crippen LogP contribution in [0.1, 0.15) is 24.0 Å². The van der Waals surface area contributed by atoms with Gasteiger partial charge in [0.1, 0.15) is 23.2 Å². The summed E-state index contributed by atoms with van der Waals surface area (Å²) in [6.45, 7) is 0.473. The van der Waals surface area contributed by atoms with Crippen LogP contribution < -0.4 is 10.9 Å². The fraction of sp³-hybridized carbons (Fsp3) is 0.333. The molecule has 1 amide bonds. The van der Waals surface area contributed by atoms with E-state index in [-0.39, 0.29) is 18.2 Å². The van der Waals surface area contributed by atoms with Crippen molar-refractivity contribution in [3.63, 3.8) is 0 Å². The van der Waals surface area contributed by atoms with Gasteiger partial charge in [0.05, 0.1) is 5.39 Å². The van der Waals surface area contributed by atoms with Crippen LogP contribution in [-0.2, 0) is 16.1 Å². The maximum absolute atomic E-state index is 12.3. The Morgan fingerprint density at radius 3 is 3.04 bits per heavy atom. The van der Waals surface area contributed by atoms with Gasteiger partial charge in [-0.25, -0.2) is 4.68 Å². The Kier molecular flexibility index (Phi) is 4.20. The number of nitrogens with one attached hydrogen (secondary N) is 1. The molecular weight excluding hydrogens is 344 g/mol. The number of nitrogens with zero attached hydrogens (tertiary/aromatic N) is 5. The molecule has 2 aromatic heterocycles. The molecule has 0 radical (unpaired) electrons. The van der Waals surface area contributed by atoms with Crippen molar-refractivity contribution in [2.45, 2.75) is 25.5 Å². The SMILES string of the molecule is O=C(Cn1nnc2ccccc2c1=O)Nc1nnc(C2CCCO2)s1. The molecule has 1 aliphatic heterocycles. The van der Waals surface area contributed by atoms with Gasteiger partial charge in [-0.2, -0.15) is 0 Å². The van der Waals surface area contributed by atoms with Crippen molar-refractivity contribution in [2.75, 3.05) is 11.9 Å². The molecule has 1 unspecified atom stereocenters. The minimum Gasteiger partial charge on any atom is -0.371 e. The topological polar surface area (TPSA) is 112 Å². The lowest BCUT2D eigenvalue weighted by Gasteiger charge is -2.04. The summed E-state index contributed by atoms with van der Waals surface area (Å²) in [7, 11) is 0. The molecule has 1 aromatic carbocycles. The number of benzene rings is 1. The van der Waals surface area contributed by atoms with Crippen molar-refractivity contribution in [2.24, 2.45) is 0 Å². The zero-order chi connectivity index (χ0) is 17.2. The molecule has 0 bridgehead atoms. The van der Waals surface area contributed by atoms with Gasteiger partial charge in [0.25, 0.3) is 5.56 Å². The molecule has 0 saturated carbocycles. The fourth-order valence-corrected chi connectivity index (χ4v) is 3.45. The Labute approximate surface area is 145 Å². The molecule has 1 fully saturated rings. The van der Waals surface area contributed by atoms with E-state index >= 15 is 0 Å². The van der Waals surface area contributed by atoms with Crippen LogP contribution in [0, 0.1) is 0 Å². The molecule has 4 rings (SSSR count). The summed E-state index contributed by atoms with van der Waals surface area (Å²) in [6.07, 6.45) is 1.86. The minimum atomic E-state index is -0.415. The summed E-state index contributed by atoms with van der Waals surface area (Å²) >= 11 is 1.27. The maximum atomic E-state index is 12.3. The molecule has 3 aromatic rings. The van der Waals surface area contributed by atoms with Gasteiger partial charge < -0.3 is 4.74 Å². The van der Waals surface area contributed by atoms with Crippen LogP contribution in [0.5, 0.6) is 0 Å². The molecular formula is C15H14N6O3S. The number of carbonyl (C=O) groups is 1. The molecule has 25 heavy (non-hydrogen) atoms. The molecule has 1 aliphatic rings. The summed E-state index contributed by atoms with van der Waals surface area (Å²) in [5, 5.41) is 19.9. The highest BCUT2D eigenvalue weighted by Gasteiger charge is 2.22. The van der Waals surface area contributed by atoms with Crippen molar-refractivity contribution in [3.8, 4) is 0 Å². The first-order valence-corrected chi connectivity index (χ1v) is 8.60. The quantitative estimate of drug-likeness (QED) is 0.744. The largest absolute Gasteiger partial charge is 0.371 e. The zero-order valence-electron chi connectivity index (χ0n) is 13.1. The van der Waals surface area contributed by atoms with E-state index in [4.69, 9.17) is 4.74 Å². The predicted molar refractivity (Wildman–Crippen MR) is 90.3 cm³/mol. The smallest absolute Gasteiger partial charge is 0.278 e. The van der Waals surface area contributed by atoms with E-state index in [0.717, 1.165) is 29.1 Å². The van der Waals surface area contributed by atoms with Crippen LogP contribution in [0.25, 0.3) is 10.9 Å². The number of hydrogen-bond acceptors (Lipinski definition) is 8. The average molecular weight is 358 g/mol. The van der Waals surface area contributed by atoms with Gasteiger partial charge in [0.15, 0.2) is 0 Å². The van der Waals surface area contributed by atoms with Gasteiger partial charge in [-0.05, 0) is 25.0 Å². The molecule has 0 spiro atoms. The molecule has 1 N–H and O–H groups in total. The van der Waals surface area contributed by atoms with E-state index in [1.54, 1.807) is 24.3 Å². The van der Waals surface area contributed by atoms with E-state index in [1.165, 1.54) is 11.3 Å². The third kappa shape index (κ3) is 3.26. The Hall–Kier alpha value is -2.72. The fourth-order valence-electron chi connectivity index (χ4n) is 2.61. The van der Waals surface area contributed by atoms with Crippen LogP contribution in [0.2, 0.25) is 0 Å². The molecule has 1 saturated heterocycles. The summed E-state index contributed by atoms with van der Waals surface area (Å²) in [4.78, 5) is 24.5. The third-order valence-electron chi connectivity index (χ3n) is 3.81. The molecule has 1 atom stereocenters. The molecule has 10 heteroatoms. The second-order valence-corrected chi connectivity index (χ2v) is 6.57. The summed E-state index contributed by atoms with van der Waals surface area (Å²) < 4.78 is 6.57. The lowest BCUT2D eigenvalue weighted by Crippen LogP contribution is -2.30. The van der Waals surface area contributed by atoms with Gasteiger partial charge >= 0.3 is 0 Å². The van der Waals surface area contributed by atoms with Crippen molar-refractivity contribution in [1.29, 1.82) is 0 Å². The maximum Gasteiger partial charge on any atom is 0.278 e. The number of rotatable bonds is 4.